The van der Waals surface area contributed by atoms with Crippen molar-refractivity contribution in [1.29, 1.82) is 0 Å². The van der Waals surface area contributed by atoms with Crippen LogP contribution >= 0.6 is 0 Å². The van der Waals surface area contributed by atoms with Crippen molar-refractivity contribution in [3.8, 4) is 0 Å². The third-order valence-corrected chi connectivity index (χ3v) is 4.28. The summed E-state index contributed by atoms with van der Waals surface area (Å²) in [7, 11) is 0. The van der Waals surface area contributed by atoms with E-state index in [4.69, 9.17) is 4.74 Å². The molecule has 1 fully saturated rings. The smallest absolute Gasteiger partial charge is 0.317 e. The molecule has 2 unspecified atom stereocenters. The number of benzene rings is 1. The van der Waals surface area contributed by atoms with Gasteiger partial charge in [0, 0.05) is 32.2 Å². The van der Waals surface area contributed by atoms with Crippen molar-refractivity contribution in [3.63, 3.8) is 0 Å². The summed E-state index contributed by atoms with van der Waals surface area (Å²) in [5.41, 5.74) is 1.15. The molecule has 5 nitrogen and oxygen atoms in total. The minimum absolute atomic E-state index is 0.0340. The maximum absolute atomic E-state index is 12.4. The predicted molar refractivity (Wildman–Crippen MR) is 90.5 cm³/mol. The van der Waals surface area contributed by atoms with Crippen LogP contribution in [0.4, 0.5) is 4.79 Å². The zero-order chi connectivity index (χ0) is 16.5. The highest BCUT2D eigenvalue weighted by Crippen LogP contribution is 2.18. The van der Waals surface area contributed by atoms with Gasteiger partial charge in [-0.2, -0.15) is 0 Å². The first kappa shape index (κ1) is 17.8. The second-order valence-electron chi connectivity index (χ2n) is 6.03. The van der Waals surface area contributed by atoms with Crippen LogP contribution in [0.25, 0.3) is 0 Å². The van der Waals surface area contributed by atoms with E-state index in [9.17, 15) is 9.90 Å². The Morgan fingerprint density at radius 2 is 2.22 bits per heavy atom. The summed E-state index contributed by atoms with van der Waals surface area (Å²) in [6.45, 7) is 4.70. The van der Waals surface area contributed by atoms with Crippen molar-refractivity contribution in [2.24, 2.45) is 0 Å². The molecule has 1 saturated heterocycles. The normalized spacial score (nSPS) is 19.4. The number of rotatable bonds is 7. The van der Waals surface area contributed by atoms with E-state index in [0.29, 0.717) is 32.7 Å². The van der Waals surface area contributed by atoms with E-state index in [1.165, 1.54) is 0 Å². The SMILES string of the molecule is CCCC1CN(C(=O)NCC(CCO)c2ccccc2)CCO1. The van der Waals surface area contributed by atoms with Gasteiger partial charge in [-0.05, 0) is 18.4 Å². The fraction of sp³-hybridized carbons (Fsp3) is 0.611. The summed E-state index contributed by atoms with van der Waals surface area (Å²) in [4.78, 5) is 14.2. The Kier molecular flexibility index (Phi) is 7.36. The van der Waals surface area contributed by atoms with Gasteiger partial charge in [-0.15, -0.1) is 0 Å². The number of morpholine rings is 1. The van der Waals surface area contributed by atoms with Gasteiger partial charge in [0.2, 0.25) is 0 Å². The fourth-order valence-corrected chi connectivity index (χ4v) is 2.99. The highest BCUT2D eigenvalue weighted by molar-refractivity contribution is 5.74. The zero-order valence-electron chi connectivity index (χ0n) is 13.9. The number of hydrogen-bond acceptors (Lipinski definition) is 3. The molecule has 128 valence electrons. The van der Waals surface area contributed by atoms with E-state index in [1.807, 2.05) is 35.2 Å². The molecule has 0 aromatic heterocycles. The van der Waals surface area contributed by atoms with Gasteiger partial charge in [0.05, 0.1) is 12.7 Å². The van der Waals surface area contributed by atoms with Crippen LogP contribution in [0.5, 0.6) is 0 Å². The third kappa shape index (κ3) is 5.52. The molecule has 2 N–H and O–H groups in total. The lowest BCUT2D eigenvalue weighted by Crippen LogP contribution is -2.50. The molecular formula is C18H28N2O3. The van der Waals surface area contributed by atoms with Gasteiger partial charge in [0.1, 0.15) is 0 Å². The first-order valence-electron chi connectivity index (χ1n) is 8.54. The topological polar surface area (TPSA) is 61.8 Å². The quantitative estimate of drug-likeness (QED) is 0.811. The number of nitrogens with one attached hydrogen (secondary N) is 1. The summed E-state index contributed by atoms with van der Waals surface area (Å²) in [5.74, 6) is 0.137. The van der Waals surface area contributed by atoms with Crippen molar-refractivity contribution in [3.05, 3.63) is 35.9 Å². The zero-order valence-corrected chi connectivity index (χ0v) is 13.9. The number of urea groups is 1. The van der Waals surface area contributed by atoms with Gasteiger partial charge in [0.25, 0.3) is 0 Å². The summed E-state index contributed by atoms with van der Waals surface area (Å²) in [6, 6.07) is 9.99. The second kappa shape index (κ2) is 9.53. The van der Waals surface area contributed by atoms with Gasteiger partial charge >= 0.3 is 6.03 Å². The number of aliphatic hydroxyl groups is 1. The number of carbonyl (C=O) groups is 1. The summed E-state index contributed by atoms with van der Waals surface area (Å²) in [5, 5.41) is 12.3. The largest absolute Gasteiger partial charge is 0.396 e. The molecule has 1 aromatic rings. The standard InChI is InChI=1S/C18H28N2O3/c1-2-6-17-14-20(10-12-23-17)18(22)19-13-16(9-11-21)15-7-4-3-5-8-15/h3-5,7-8,16-17,21H,2,6,9-14H2,1H3,(H,19,22). The maximum atomic E-state index is 12.4. The minimum Gasteiger partial charge on any atom is -0.396 e. The second-order valence-corrected chi connectivity index (χ2v) is 6.03. The van der Waals surface area contributed by atoms with E-state index in [2.05, 4.69) is 12.2 Å². The van der Waals surface area contributed by atoms with E-state index in [1.54, 1.807) is 0 Å². The van der Waals surface area contributed by atoms with Crippen LogP contribution in [0.1, 0.15) is 37.7 Å². The Hall–Kier alpha value is -1.59. The molecule has 1 aromatic carbocycles. The lowest BCUT2D eigenvalue weighted by molar-refractivity contribution is -0.0181. The van der Waals surface area contributed by atoms with Crippen molar-refractivity contribution in [2.45, 2.75) is 38.2 Å². The number of amides is 2. The Morgan fingerprint density at radius 3 is 2.91 bits per heavy atom. The molecule has 0 aliphatic carbocycles. The first-order chi connectivity index (χ1) is 11.2. The molecule has 0 radical (unpaired) electrons. The van der Waals surface area contributed by atoms with Crippen molar-refractivity contribution in [1.82, 2.24) is 10.2 Å². The Balaban J connectivity index is 1.86. The molecule has 2 amide bonds. The monoisotopic (exact) mass is 320 g/mol. The van der Waals surface area contributed by atoms with Crippen LogP contribution in [0.15, 0.2) is 30.3 Å². The molecule has 2 rings (SSSR count). The first-order valence-corrected chi connectivity index (χ1v) is 8.54. The number of nitrogens with zero attached hydrogens (tertiary/aromatic N) is 1. The lowest BCUT2D eigenvalue weighted by Gasteiger charge is -2.33. The van der Waals surface area contributed by atoms with Crippen LogP contribution in [0.2, 0.25) is 0 Å². The van der Waals surface area contributed by atoms with Crippen LogP contribution < -0.4 is 5.32 Å². The van der Waals surface area contributed by atoms with Crippen LogP contribution in [-0.4, -0.2) is 55.0 Å². The van der Waals surface area contributed by atoms with E-state index in [0.717, 1.165) is 18.4 Å². The number of carbonyl (C=O) groups excluding carboxylic acids is 1. The minimum atomic E-state index is -0.0340. The molecule has 0 saturated carbocycles. The molecule has 0 bridgehead atoms. The van der Waals surface area contributed by atoms with Gasteiger partial charge in [-0.25, -0.2) is 4.79 Å². The predicted octanol–water partition coefficient (Wildman–Crippen LogP) is 2.36. The van der Waals surface area contributed by atoms with Crippen LogP contribution in [0, 0.1) is 0 Å². The van der Waals surface area contributed by atoms with Crippen molar-refractivity contribution < 1.29 is 14.6 Å². The maximum Gasteiger partial charge on any atom is 0.317 e. The highest BCUT2D eigenvalue weighted by Gasteiger charge is 2.24. The Bertz CT molecular complexity index is 465. The molecule has 2 atom stereocenters. The van der Waals surface area contributed by atoms with Crippen LogP contribution in [0.3, 0.4) is 0 Å². The summed E-state index contributed by atoms with van der Waals surface area (Å²) in [6.07, 6.45) is 2.85. The number of ether oxygens (including phenoxy) is 1. The number of hydrogen-bond donors (Lipinski definition) is 2. The van der Waals surface area contributed by atoms with Gasteiger partial charge in [-0.1, -0.05) is 43.7 Å². The van der Waals surface area contributed by atoms with E-state index < -0.39 is 0 Å². The molecule has 1 aliphatic rings. The third-order valence-electron chi connectivity index (χ3n) is 4.28. The van der Waals surface area contributed by atoms with Crippen molar-refractivity contribution >= 4 is 6.03 Å². The van der Waals surface area contributed by atoms with Gasteiger partial charge in [0.15, 0.2) is 0 Å². The molecule has 5 heteroatoms. The molecular weight excluding hydrogens is 292 g/mol. The summed E-state index contributed by atoms with van der Waals surface area (Å²) >= 11 is 0. The molecule has 1 heterocycles. The average molecular weight is 320 g/mol. The van der Waals surface area contributed by atoms with E-state index in [-0.39, 0.29) is 24.7 Å². The van der Waals surface area contributed by atoms with Crippen molar-refractivity contribution in [2.75, 3.05) is 32.8 Å². The average Bonchev–Trinajstić information content (AvgIpc) is 2.59. The molecule has 23 heavy (non-hydrogen) atoms. The molecule has 1 aliphatic heterocycles. The molecule has 0 spiro atoms. The van der Waals surface area contributed by atoms with Gasteiger partial charge in [-0.3, -0.25) is 0 Å². The Labute approximate surface area is 138 Å². The lowest BCUT2D eigenvalue weighted by atomic mass is 9.96. The number of aliphatic hydroxyl groups excluding tert-OH is 1. The Morgan fingerprint density at radius 1 is 1.43 bits per heavy atom. The fourth-order valence-electron chi connectivity index (χ4n) is 2.99. The highest BCUT2D eigenvalue weighted by atomic mass is 16.5. The summed E-state index contributed by atoms with van der Waals surface area (Å²) < 4.78 is 5.68. The van der Waals surface area contributed by atoms with Crippen LogP contribution in [-0.2, 0) is 4.74 Å². The van der Waals surface area contributed by atoms with Gasteiger partial charge < -0.3 is 20.1 Å². The van der Waals surface area contributed by atoms with E-state index >= 15 is 0 Å².